The van der Waals surface area contributed by atoms with Gasteiger partial charge in [-0.1, -0.05) is 61.0 Å². The number of nitrogens with one attached hydrogen (secondary N) is 2. The number of anilines is 2. The van der Waals surface area contributed by atoms with Gasteiger partial charge in [-0.2, -0.15) is 0 Å². The Morgan fingerprint density at radius 3 is 1.32 bits per heavy atom. The van der Waals surface area contributed by atoms with Crippen molar-refractivity contribution in [2.24, 2.45) is 0 Å². The molecule has 0 aliphatic heterocycles. The molecule has 47 heavy (non-hydrogen) atoms. The summed E-state index contributed by atoms with van der Waals surface area (Å²) in [5.41, 5.74) is 4.30. The number of benzene rings is 4. The van der Waals surface area contributed by atoms with Crippen LogP contribution in [0.25, 0.3) is 22.3 Å². The summed E-state index contributed by atoms with van der Waals surface area (Å²) in [6, 6.07) is 25.1. The molecule has 0 aromatic heterocycles. The zero-order valence-corrected chi connectivity index (χ0v) is 27.1. The number of carbonyl (C=O) groups excluding carboxylic acids is 2. The number of phenolic OH excluding ortho intramolecular Hbond substituents is 2. The molecule has 0 bridgehead atoms. The topological polar surface area (TPSA) is 117 Å². The molecule has 6 rings (SSSR count). The number of ether oxygens (including phenoxy) is 2. The van der Waals surface area contributed by atoms with Gasteiger partial charge in [0.25, 0.3) is 0 Å². The van der Waals surface area contributed by atoms with Gasteiger partial charge in [0.15, 0.2) is 0 Å². The predicted molar refractivity (Wildman–Crippen MR) is 185 cm³/mol. The summed E-state index contributed by atoms with van der Waals surface area (Å²) in [5, 5.41) is 26.0. The van der Waals surface area contributed by atoms with Crippen LogP contribution in [-0.2, 0) is 9.47 Å². The zero-order valence-electron chi connectivity index (χ0n) is 26.2. The van der Waals surface area contributed by atoms with Crippen LogP contribution in [0, 0.1) is 0 Å². The van der Waals surface area contributed by atoms with Crippen molar-refractivity contribution in [3.63, 3.8) is 0 Å². The highest BCUT2D eigenvalue weighted by atomic mass is 32.2. The Balaban J connectivity index is 1.35. The van der Waals surface area contributed by atoms with E-state index in [9.17, 15) is 19.8 Å². The van der Waals surface area contributed by atoms with Gasteiger partial charge in [0.2, 0.25) is 0 Å². The van der Waals surface area contributed by atoms with E-state index in [4.69, 9.17) is 9.47 Å². The van der Waals surface area contributed by atoms with Gasteiger partial charge in [0.1, 0.15) is 23.7 Å². The molecule has 2 amide bonds. The van der Waals surface area contributed by atoms with Gasteiger partial charge in [0, 0.05) is 20.9 Å². The van der Waals surface area contributed by atoms with Crippen LogP contribution in [0.5, 0.6) is 11.5 Å². The third kappa shape index (κ3) is 8.40. The lowest BCUT2D eigenvalue weighted by atomic mass is 9.98. The van der Waals surface area contributed by atoms with Crippen molar-refractivity contribution in [1.82, 2.24) is 0 Å². The summed E-state index contributed by atoms with van der Waals surface area (Å²) in [5.74, 6) is 0.275. The minimum atomic E-state index is -0.494. The van der Waals surface area contributed by atoms with Gasteiger partial charge in [-0.15, -0.1) is 0 Å². The van der Waals surface area contributed by atoms with Crippen molar-refractivity contribution in [2.75, 3.05) is 10.6 Å². The van der Waals surface area contributed by atoms with Crippen LogP contribution in [0.2, 0.25) is 0 Å². The van der Waals surface area contributed by atoms with E-state index in [0.717, 1.165) is 96.3 Å². The van der Waals surface area contributed by atoms with E-state index in [2.05, 4.69) is 10.6 Å². The molecular formula is C38H40N2O6S. The summed E-state index contributed by atoms with van der Waals surface area (Å²) < 4.78 is 11.6. The highest BCUT2D eigenvalue weighted by molar-refractivity contribution is 7.99. The Morgan fingerprint density at radius 2 is 0.936 bits per heavy atom. The van der Waals surface area contributed by atoms with Crippen molar-refractivity contribution in [2.45, 2.75) is 86.2 Å². The average molecular weight is 653 g/mol. The first kappa shape index (κ1) is 32.3. The number of rotatable bonds is 8. The Morgan fingerprint density at radius 1 is 0.553 bits per heavy atom. The summed E-state index contributed by atoms with van der Waals surface area (Å²) in [6.45, 7) is 0. The maximum Gasteiger partial charge on any atom is 0.411 e. The molecule has 0 spiro atoms. The van der Waals surface area contributed by atoms with Crippen LogP contribution in [0.4, 0.5) is 21.0 Å². The molecule has 4 N–H and O–H groups in total. The fourth-order valence-electron chi connectivity index (χ4n) is 6.36. The third-order valence-corrected chi connectivity index (χ3v) is 9.83. The van der Waals surface area contributed by atoms with Crippen molar-refractivity contribution >= 4 is 35.3 Å². The molecule has 9 heteroatoms. The van der Waals surface area contributed by atoms with Gasteiger partial charge in [-0.05, 0) is 111 Å². The fraction of sp³-hybridized carbons (Fsp3) is 0.316. The second-order valence-corrected chi connectivity index (χ2v) is 13.2. The maximum atomic E-state index is 13.1. The minimum Gasteiger partial charge on any atom is -0.508 e. The second-order valence-electron chi connectivity index (χ2n) is 12.1. The molecule has 0 saturated heterocycles. The van der Waals surface area contributed by atoms with Gasteiger partial charge in [-0.3, -0.25) is 10.6 Å². The number of phenols is 2. The number of aromatic hydroxyl groups is 2. The van der Waals surface area contributed by atoms with E-state index >= 15 is 0 Å². The van der Waals surface area contributed by atoms with Crippen LogP contribution in [-0.4, -0.2) is 34.6 Å². The van der Waals surface area contributed by atoms with Crippen molar-refractivity contribution in [1.29, 1.82) is 0 Å². The Kier molecular flexibility index (Phi) is 10.5. The highest BCUT2D eigenvalue weighted by Gasteiger charge is 2.23. The lowest BCUT2D eigenvalue weighted by Gasteiger charge is -2.23. The quantitative estimate of drug-likeness (QED) is 0.150. The smallest absolute Gasteiger partial charge is 0.411 e. The standard InChI is InChI=1S/C38H40N2O6S/c41-27-21-17-25(18-22-27)35-31(39-37(43)45-29-9-3-1-4-10-29)13-7-15-33(35)47-34-16-8-14-32(36(34)26-19-23-28(42)24-20-26)40-38(44)46-30-11-5-2-6-12-30/h7-8,13-24,29-30,41-42H,1-6,9-12H2,(H,39,43)(H,40,44). The molecule has 0 atom stereocenters. The zero-order chi connectivity index (χ0) is 32.6. The van der Waals surface area contributed by atoms with E-state index < -0.39 is 12.2 Å². The molecule has 8 nitrogen and oxygen atoms in total. The van der Waals surface area contributed by atoms with E-state index in [1.54, 1.807) is 24.3 Å². The fourth-order valence-corrected chi connectivity index (χ4v) is 7.55. The van der Waals surface area contributed by atoms with Gasteiger partial charge in [-0.25, -0.2) is 9.59 Å². The lowest BCUT2D eigenvalue weighted by molar-refractivity contribution is 0.0858. The number of amides is 2. The molecular weight excluding hydrogens is 612 g/mol. The Hall–Kier alpha value is -4.63. The van der Waals surface area contributed by atoms with E-state index in [1.165, 1.54) is 11.8 Å². The van der Waals surface area contributed by atoms with Gasteiger partial charge in [0.05, 0.1) is 11.4 Å². The molecule has 0 radical (unpaired) electrons. The molecule has 4 aromatic rings. The Labute approximate surface area is 279 Å². The monoisotopic (exact) mass is 652 g/mol. The molecule has 2 fully saturated rings. The van der Waals surface area contributed by atoms with Gasteiger partial charge < -0.3 is 19.7 Å². The van der Waals surface area contributed by atoms with Crippen molar-refractivity contribution in [3.05, 3.63) is 84.9 Å². The summed E-state index contributed by atoms with van der Waals surface area (Å²) in [7, 11) is 0. The minimum absolute atomic E-state index is 0.0914. The van der Waals surface area contributed by atoms with Crippen LogP contribution >= 0.6 is 11.8 Å². The first-order valence-electron chi connectivity index (χ1n) is 16.4. The van der Waals surface area contributed by atoms with Gasteiger partial charge >= 0.3 is 12.2 Å². The Bertz CT molecular complexity index is 1550. The number of hydrogen-bond acceptors (Lipinski definition) is 7. The third-order valence-electron chi connectivity index (χ3n) is 8.71. The molecule has 2 aliphatic rings. The first-order chi connectivity index (χ1) is 22.9. The number of carbonyl (C=O) groups is 2. The predicted octanol–water partition coefficient (Wildman–Crippen LogP) is 10.3. The van der Waals surface area contributed by atoms with E-state index in [-0.39, 0.29) is 23.7 Å². The van der Waals surface area contributed by atoms with E-state index in [1.807, 2.05) is 60.7 Å². The highest BCUT2D eigenvalue weighted by Crippen LogP contribution is 2.46. The SMILES string of the molecule is O=C(Nc1cccc(Sc2cccc(NC(=O)OC3CCCCC3)c2-c2ccc(O)cc2)c1-c1ccc(O)cc1)OC1CCCCC1. The van der Waals surface area contributed by atoms with Crippen LogP contribution in [0.15, 0.2) is 94.7 Å². The lowest BCUT2D eigenvalue weighted by Crippen LogP contribution is -2.24. The molecule has 244 valence electrons. The molecule has 4 aromatic carbocycles. The number of hydrogen-bond donors (Lipinski definition) is 4. The normalized spacial score (nSPS) is 15.5. The summed E-state index contributed by atoms with van der Waals surface area (Å²) in [6.07, 6.45) is 8.84. The van der Waals surface area contributed by atoms with Crippen molar-refractivity contribution in [3.8, 4) is 33.8 Å². The van der Waals surface area contributed by atoms with Crippen LogP contribution in [0.3, 0.4) is 0 Å². The summed E-state index contributed by atoms with van der Waals surface area (Å²) in [4.78, 5) is 27.9. The largest absolute Gasteiger partial charge is 0.508 e. The second kappa shape index (κ2) is 15.3. The first-order valence-corrected chi connectivity index (χ1v) is 17.2. The maximum absolute atomic E-state index is 13.1. The van der Waals surface area contributed by atoms with Crippen molar-refractivity contribution < 1.29 is 29.3 Å². The molecule has 2 aliphatic carbocycles. The molecule has 2 saturated carbocycles. The molecule has 0 heterocycles. The molecule has 0 unspecified atom stereocenters. The van der Waals surface area contributed by atoms with Crippen LogP contribution < -0.4 is 10.6 Å². The summed E-state index contributed by atoms with van der Waals surface area (Å²) >= 11 is 1.48. The van der Waals surface area contributed by atoms with Crippen LogP contribution in [0.1, 0.15) is 64.2 Å². The average Bonchev–Trinajstić information content (AvgIpc) is 3.07. The van der Waals surface area contributed by atoms with E-state index in [0.29, 0.717) is 11.4 Å².